The van der Waals surface area contributed by atoms with Crippen LogP contribution in [0.4, 0.5) is 0 Å². The van der Waals surface area contributed by atoms with Gasteiger partial charge in [0.25, 0.3) is 0 Å². The zero-order valence-electron chi connectivity index (χ0n) is 41.7. The van der Waals surface area contributed by atoms with Gasteiger partial charge in [0.05, 0.1) is 66.1 Å². The minimum atomic E-state index is -0.211. The number of hydrogen-bond donors (Lipinski definition) is 1. The van der Waals surface area contributed by atoms with Gasteiger partial charge in [-0.3, -0.25) is 47.9 Å². The van der Waals surface area contributed by atoms with Crippen LogP contribution in [0.3, 0.4) is 0 Å². The van der Waals surface area contributed by atoms with E-state index in [9.17, 15) is 47.9 Å². The lowest BCUT2D eigenvalue weighted by Gasteiger charge is -1.89. The van der Waals surface area contributed by atoms with Gasteiger partial charge in [0.15, 0.2) is 0 Å². The van der Waals surface area contributed by atoms with Crippen LogP contribution in [0.15, 0.2) is 0 Å². The number of hydrogen-bond acceptors (Lipinski definition) is 21. The normalized spacial score (nSPS) is 7.52. The monoisotopic (exact) mass is 913 g/mol. The fourth-order valence-electron chi connectivity index (χ4n) is 2.03. The maximum Gasteiger partial charge on any atom is 0.302 e. The quantitative estimate of drug-likeness (QED) is 0.215. The van der Waals surface area contributed by atoms with Crippen molar-refractivity contribution in [2.45, 2.75) is 138 Å². The second-order valence-electron chi connectivity index (χ2n) is 9.25. The molecule has 0 aliphatic heterocycles. The Morgan fingerprint density at radius 1 is 0.210 bits per heavy atom. The number of aliphatic hydroxyl groups is 1. The van der Waals surface area contributed by atoms with Crippen molar-refractivity contribution in [3.8, 4) is 0 Å². The standard InChI is InChI=1S/10C4H8O2.CH4O/c10*1-3-6-4(2)5;1-2/h10*3H2,1-2H3;2H,1H3. The summed E-state index contributed by atoms with van der Waals surface area (Å²) in [6.45, 7) is 36.5. The van der Waals surface area contributed by atoms with Crippen molar-refractivity contribution in [3.63, 3.8) is 0 Å². The number of esters is 10. The van der Waals surface area contributed by atoms with Gasteiger partial charge in [-0.05, 0) is 69.2 Å². The minimum Gasteiger partial charge on any atom is -0.466 e. The van der Waals surface area contributed by atoms with E-state index in [4.69, 9.17) is 5.11 Å². The van der Waals surface area contributed by atoms with Crippen LogP contribution in [0.1, 0.15) is 138 Å². The summed E-state index contributed by atoms with van der Waals surface area (Å²) in [7, 11) is 1.00. The maximum atomic E-state index is 9.82. The molecule has 0 heterocycles. The second-order valence-corrected chi connectivity index (χ2v) is 9.25. The molecule has 62 heavy (non-hydrogen) atoms. The van der Waals surface area contributed by atoms with Crippen LogP contribution in [0.25, 0.3) is 0 Å². The molecule has 0 saturated carbocycles. The van der Waals surface area contributed by atoms with E-state index in [0.29, 0.717) is 66.1 Å². The van der Waals surface area contributed by atoms with Crippen molar-refractivity contribution in [1.29, 1.82) is 0 Å². The lowest BCUT2D eigenvalue weighted by atomic mass is 10.8. The fraction of sp³-hybridized carbons (Fsp3) is 0.756. The Morgan fingerprint density at radius 3 is 0.258 bits per heavy atom. The van der Waals surface area contributed by atoms with Crippen molar-refractivity contribution < 1.29 is 100 Å². The highest BCUT2D eigenvalue weighted by Gasteiger charge is 1.86. The van der Waals surface area contributed by atoms with E-state index >= 15 is 0 Å². The van der Waals surface area contributed by atoms with E-state index in [2.05, 4.69) is 47.4 Å². The summed E-state index contributed by atoms with van der Waals surface area (Å²) in [4.78, 5) is 98.2. The van der Waals surface area contributed by atoms with E-state index in [1.807, 2.05) is 0 Å². The highest BCUT2D eigenvalue weighted by Crippen LogP contribution is 1.74. The van der Waals surface area contributed by atoms with Crippen molar-refractivity contribution in [3.05, 3.63) is 0 Å². The predicted molar refractivity (Wildman–Crippen MR) is 231 cm³/mol. The van der Waals surface area contributed by atoms with E-state index in [1.54, 1.807) is 69.2 Å². The molecule has 0 fully saturated rings. The van der Waals surface area contributed by atoms with Crippen LogP contribution in [-0.2, 0) is 95.3 Å². The van der Waals surface area contributed by atoms with Gasteiger partial charge in [0.2, 0.25) is 0 Å². The van der Waals surface area contributed by atoms with Gasteiger partial charge in [-0.15, -0.1) is 0 Å². The van der Waals surface area contributed by atoms with Crippen LogP contribution in [0, 0.1) is 0 Å². The summed E-state index contributed by atoms with van der Waals surface area (Å²) < 4.78 is 44.0. The molecule has 21 heteroatoms. The molecule has 0 saturated heterocycles. The Hall–Kier alpha value is -5.34. The minimum absolute atomic E-state index is 0.211. The molecule has 374 valence electrons. The number of rotatable bonds is 10. The number of carbonyl (C=O) groups excluding carboxylic acids is 10. The molecule has 0 radical (unpaired) electrons. The SMILES string of the molecule is CCOC(C)=O.CCOC(C)=O.CCOC(C)=O.CCOC(C)=O.CCOC(C)=O.CCOC(C)=O.CCOC(C)=O.CCOC(C)=O.CCOC(C)=O.CCOC(C)=O.CO. The van der Waals surface area contributed by atoms with Gasteiger partial charge in [0.1, 0.15) is 0 Å². The molecular formula is C41H84O21. The van der Waals surface area contributed by atoms with Crippen molar-refractivity contribution in [2.24, 2.45) is 0 Å². The summed E-state index contributed by atoms with van der Waals surface area (Å²) in [6, 6.07) is 0. The van der Waals surface area contributed by atoms with Gasteiger partial charge < -0.3 is 52.5 Å². The first kappa shape index (κ1) is 84.2. The summed E-state index contributed by atoms with van der Waals surface area (Å²) in [5.41, 5.74) is 0. The summed E-state index contributed by atoms with van der Waals surface area (Å²) >= 11 is 0. The Labute approximate surface area is 371 Å². The predicted octanol–water partition coefficient (Wildman–Crippen LogP) is 5.30. The molecule has 0 rings (SSSR count). The third-order valence-electron chi connectivity index (χ3n) is 3.48. The summed E-state index contributed by atoms with van der Waals surface area (Å²) in [6.07, 6.45) is 0. The van der Waals surface area contributed by atoms with Crippen LogP contribution in [0.5, 0.6) is 0 Å². The Bertz CT molecular complexity index is 763. The Morgan fingerprint density at radius 2 is 0.258 bits per heavy atom. The number of aliphatic hydroxyl groups excluding tert-OH is 1. The lowest BCUT2D eigenvalue weighted by Crippen LogP contribution is -1.95. The highest BCUT2D eigenvalue weighted by atomic mass is 16.6. The van der Waals surface area contributed by atoms with E-state index in [-0.39, 0.29) is 59.7 Å². The van der Waals surface area contributed by atoms with Crippen molar-refractivity contribution in [2.75, 3.05) is 73.2 Å². The smallest absolute Gasteiger partial charge is 0.302 e. The van der Waals surface area contributed by atoms with Gasteiger partial charge >= 0.3 is 59.7 Å². The molecule has 0 bridgehead atoms. The first-order valence-corrected chi connectivity index (χ1v) is 19.5. The van der Waals surface area contributed by atoms with Gasteiger partial charge in [-0.2, -0.15) is 0 Å². The maximum absolute atomic E-state index is 9.82. The molecular weight excluding hydrogens is 828 g/mol. The lowest BCUT2D eigenvalue weighted by molar-refractivity contribution is -0.141. The summed E-state index contributed by atoms with van der Waals surface area (Å²) in [5, 5.41) is 7.00. The first-order valence-electron chi connectivity index (χ1n) is 19.5. The van der Waals surface area contributed by atoms with E-state index in [0.717, 1.165) is 7.11 Å². The third-order valence-corrected chi connectivity index (χ3v) is 3.48. The van der Waals surface area contributed by atoms with Gasteiger partial charge in [0, 0.05) is 76.3 Å². The van der Waals surface area contributed by atoms with Gasteiger partial charge in [-0.1, -0.05) is 0 Å². The van der Waals surface area contributed by atoms with E-state index in [1.165, 1.54) is 69.2 Å². The zero-order valence-corrected chi connectivity index (χ0v) is 41.7. The molecule has 21 nitrogen and oxygen atoms in total. The van der Waals surface area contributed by atoms with Crippen molar-refractivity contribution in [1.82, 2.24) is 0 Å². The number of carbonyl (C=O) groups is 10. The molecule has 0 aromatic heterocycles. The Balaban J connectivity index is -0.0000000515. The zero-order chi connectivity index (χ0) is 51.9. The molecule has 0 aromatic rings. The Kier molecular flexibility index (Phi) is 113. The average Bonchev–Trinajstić information content (AvgIpc) is 3.11. The molecule has 0 spiro atoms. The number of ether oxygens (including phenoxy) is 10. The first-order chi connectivity index (χ1) is 28.7. The topological polar surface area (TPSA) is 283 Å². The van der Waals surface area contributed by atoms with Crippen LogP contribution >= 0.6 is 0 Å². The largest absolute Gasteiger partial charge is 0.466 e. The molecule has 0 atom stereocenters. The third kappa shape index (κ3) is 259. The average molecular weight is 913 g/mol. The van der Waals surface area contributed by atoms with Crippen LogP contribution < -0.4 is 0 Å². The second kappa shape index (κ2) is 83.4. The van der Waals surface area contributed by atoms with Gasteiger partial charge in [-0.25, -0.2) is 0 Å². The fourth-order valence-corrected chi connectivity index (χ4v) is 2.03. The van der Waals surface area contributed by atoms with Crippen LogP contribution in [0.2, 0.25) is 0 Å². The summed E-state index contributed by atoms with van der Waals surface area (Å²) in [5.74, 6) is -2.11. The molecule has 0 aromatic carbocycles. The highest BCUT2D eigenvalue weighted by molar-refractivity contribution is 5.68. The molecule has 1 N–H and O–H groups in total. The van der Waals surface area contributed by atoms with Crippen LogP contribution in [-0.4, -0.2) is 138 Å². The molecule has 0 unspecified atom stereocenters. The van der Waals surface area contributed by atoms with E-state index < -0.39 is 0 Å². The molecule has 0 aliphatic rings. The molecule has 0 amide bonds. The van der Waals surface area contributed by atoms with Crippen molar-refractivity contribution >= 4 is 59.7 Å². The molecule has 0 aliphatic carbocycles.